The average molecular weight is 502 g/mol. The lowest BCUT2D eigenvalue weighted by Crippen LogP contribution is -2.38. The fourth-order valence-corrected chi connectivity index (χ4v) is 7.31. The van der Waals surface area contributed by atoms with Crippen LogP contribution in [-0.2, 0) is 0 Å². The fourth-order valence-electron chi connectivity index (χ4n) is 7.31. The van der Waals surface area contributed by atoms with E-state index in [4.69, 9.17) is 0 Å². The van der Waals surface area contributed by atoms with Gasteiger partial charge in [0.2, 0.25) is 0 Å². The van der Waals surface area contributed by atoms with Crippen molar-refractivity contribution in [2.24, 2.45) is 17.3 Å². The van der Waals surface area contributed by atoms with Crippen molar-refractivity contribution < 1.29 is 0 Å². The highest BCUT2D eigenvalue weighted by molar-refractivity contribution is 5.71. The number of aromatic nitrogens is 1. The van der Waals surface area contributed by atoms with Gasteiger partial charge in [0, 0.05) is 28.7 Å². The number of hydrogen-bond acceptors (Lipinski definition) is 3. The smallest absolute Gasteiger partial charge is 0.141 e. The molecule has 6 rings (SSSR count). The van der Waals surface area contributed by atoms with Gasteiger partial charge in [0.05, 0.1) is 0 Å². The molecule has 2 unspecified atom stereocenters. The second kappa shape index (κ2) is 9.73. The topological polar surface area (TPSA) is 39.9 Å². The first-order chi connectivity index (χ1) is 18.4. The van der Waals surface area contributed by atoms with Crippen molar-refractivity contribution in [3.8, 4) is 6.07 Å². The highest BCUT2D eigenvalue weighted by Crippen LogP contribution is 2.54. The molecule has 0 aromatic carbocycles. The molecule has 2 atom stereocenters. The van der Waals surface area contributed by atoms with E-state index in [9.17, 15) is 5.26 Å². The van der Waals surface area contributed by atoms with Gasteiger partial charge >= 0.3 is 0 Å². The molecular formula is C35H39N3. The fraction of sp³-hybridized carbons (Fsp3) is 0.429. The van der Waals surface area contributed by atoms with E-state index < -0.39 is 0 Å². The van der Waals surface area contributed by atoms with E-state index in [1.54, 1.807) is 28.7 Å². The predicted molar refractivity (Wildman–Crippen MR) is 155 cm³/mol. The van der Waals surface area contributed by atoms with Crippen LogP contribution in [0.2, 0.25) is 0 Å². The molecule has 1 aliphatic heterocycles. The van der Waals surface area contributed by atoms with Gasteiger partial charge in [0.25, 0.3) is 0 Å². The van der Waals surface area contributed by atoms with E-state index in [-0.39, 0.29) is 5.41 Å². The highest BCUT2D eigenvalue weighted by Gasteiger charge is 2.42. The third-order valence-corrected chi connectivity index (χ3v) is 9.30. The van der Waals surface area contributed by atoms with Crippen molar-refractivity contribution in [1.82, 2.24) is 9.88 Å². The summed E-state index contributed by atoms with van der Waals surface area (Å²) in [6, 6.07) is 6.11. The molecule has 194 valence electrons. The zero-order valence-electron chi connectivity index (χ0n) is 23.3. The van der Waals surface area contributed by atoms with Gasteiger partial charge in [-0.1, -0.05) is 58.1 Å². The van der Waals surface area contributed by atoms with Crippen molar-refractivity contribution in [2.75, 3.05) is 0 Å². The summed E-state index contributed by atoms with van der Waals surface area (Å²) in [5, 5.41) is 9.27. The summed E-state index contributed by atoms with van der Waals surface area (Å²) < 4.78 is 0. The van der Waals surface area contributed by atoms with E-state index in [2.05, 4.69) is 80.1 Å². The summed E-state index contributed by atoms with van der Waals surface area (Å²) >= 11 is 0. The van der Waals surface area contributed by atoms with Crippen LogP contribution >= 0.6 is 0 Å². The molecule has 3 nitrogen and oxygen atoms in total. The van der Waals surface area contributed by atoms with E-state index in [0.717, 1.165) is 31.2 Å². The largest absolute Gasteiger partial charge is 0.321 e. The summed E-state index contributed by atoms with van der Waals surface area (Å²) in [6.45, 7) is 9.62. The van der Waals surface area contributed by atoms with E-state index >= 15 is 0 Å². The van der Waals surface area contributed by atoms with Crippen LogP contribution in [0.15, 0.2) is 94.2 Å². The molecule has 0 radical (unpaired) electrons. The van der Waals surface area contributed by atoms with Crippen molar-refractivity contribution >= 4 is 5.57 Å². The van der Waals surface area contributed by atoms with Crippen LogP contribution in [0, 0.1) is 28.6 Å². The van der Waals surface area contributed by atoms with Crippen molar-refractivity contribution in [3.05, 3.63) is 105 Å². The quantitative estimate of drug-likeness (QED) is 0.415. The molecule has 0 saturated heterocycles. The number of nitrogens with zero attached hydrogens (tertiary/aromatic N) is 3. The van der Waals surface area contributed by atoms with Gasteiger partial charge in [0.1, 0.15) is 11.8 Å². The molecule has 38 heavy (non-hydrogen) atoms. The summed E-state index contributed by atoms with van der Waals surface area (Å²) in [4.78, 5) is 6.88. The lowest BCUT2D eigenvalue weighted by Gasteiger charge is -2.49. The Morgan fingerprint density at radius 1 is 1.05 bits per heavy atom. The van der Waals surface area contributed by atoms with Gasteiger partial charge in [0.15, 0.2) is 0 Å². The molecule has 0 spiro atoms. The van der Waals surface area contributed by atoms with Crippen LogP contribution in [-0.4, -0.2) is 9.88 Å². The SMILES string of the molecule is CC1C=CC2=C(C1)N(C1=CC(C3=CC=C(c4ccnc(C#N)c4)CC3C)=CCC1)C1=C(CCCC1)C2(C)C. The normalized spacial score (nSPS) is 26.6. The zero-order chi connectivity index (χ0) is 26.4. The number of pyridine rings is 1. The molecule has 0 amide bonds. The van der Waals surface area contributed by atoms with Crippen LogP contribution in [0.1, 0.15) is 90.3 Å². The lowest BCUT2D eigenvalue weighted by molar-refractivity contribution is 0.338. The first-order valence-electron chi connectivity index (χ1n) is 14.5. The third kappa shape index (κ3) is 4.25. The number of hydrogen-bond donors (Lipinski definition) is 0. The lowest BCUT2D eigenvalue weighted by atomic mass is 9.67. The number of nitriles is 1. The van der Waals surface area contributed by atoms with Crippen molar-refractivity contribution in [3.63, 3.8) is 0 Å². The molecule has 4 aliphatic carbocycles. The van der Waals surface area contributed by atoms with Crippen LogP contribution in [0.5, 0.6) is 0 Å². The van der Waals surface area contributed by atoms with E-state index in [0.29, 0.717) is 17.5 Å². The van der Waals surface area contributed by atoms with Crippen molar-refractivity contribution in [2.45, 2.75) is 79.1 Å². The third-order valence-electron chi connectivity index (χ3n) is 9.30. The van der Waals surface area contributed by atoms with Gasteiger partial charge in [-0.3, -0.25) is 0 Å². The van der Waals surface area contributed by atoms with Gasteiger partial charge < -0.3 is 4.90 Å². The molecule has 3 heteroatoms. The highest BCUT2D eigenvalue weighted by atomic mass is 15.2. The Hall–Kier alpha value is -3.38. The van der Waals surface area contributed by atoms with Crippen LogP contribution < -0.4 is 0 Å². The second-order valence-electron chi connectivity index (χ2n) is 12.3. The summed E-state index contributed by atoms with van der Waals surface area (Å²) in [7, 11) is 0. The van der Waals surface area contributed by atoms with Gasteiger partial charge in [-0.05, 0) is 115 Å². The van der Waals surface area contributed by atoms with Crippen LogP contribution in [0.25, 0.3) is 5.57 Å². The molecule has 5 aliphatic rings. The Morgan fingerprint density at radius 3 is 2.71 bits per heavy atom. The summed E-state index contributed by atoms with van der Waals surface area (Å²) in [6.07, 6.45) is 25.5. The minimum atomic E-state index is 0.131. The Labute approximate surface area is 228 Å². The van der Waals surface area contributed by atoms with Crippen LogP contribution in [0.3, 0.4) is 0 Å². The minimum absolute atomic E-state index is 0.131. The maximum Gasteiger partial charge on any atom is 0.141 e. The molecule has 0 fully saturated rings. The van der Waals surface area contributed by atoms with Crippen molar-refractivity contribution in [1.29, 1.82) is 5.26 Å². The van der Waals surface area contributed by atoms with Gasteiger partial charge in [-0.15, -0.1) is 0 Å². The Kier molecular flexibility index (Phi) is 6.39. The maximum absolute atomic E-state index is 9.27. The average Bonchev–Trinajstić information content (AvgIpc) is 2.93. The first kappa shape index (κ1) is 24.9. The minimum Gasteiger partial charge on any atom is -0.321 e. The van der Waals surface area contributed by atoms with E-state index in [1.165, 1.54) is 48.1 Å². The maximum atomic E-state index is 9.27. The molecule has 1 aromatic heterocycles. The van der Waals surface area contributed by atoms with Gasteiger partial charge in [-0.25, -0.2) is 4.98 Å². The van der Waals surface area contributed by atoms with E-state index in [1.807, 2.05) is 12.1 Å². The number of rotatable bonds is 3. The molecule has 1 aromatic rings. The summed E-state index contributed by atoms with van der Waals surface area (Å²) in [5.74, 6) is 1.00. The predicted octanol–water partition coefficient (Wildman–Crippen LogP) is 8.93. The monoisotopic (exact) mass is 501 g/mol. The molecule has 0 N–H and O–H groups in total. The number of allylic oxidation sites excluding steroid dienone is 14. The zero-order valence-corrected chi connectivity index (χ0v) is 23.3. The molecule has 0 bridgehead atoms. The molecular weight excluding hydrogens is 462 g/mol. The Morgan fingerprint density at radius 2 is 1.89 bits per heavy atom. The Balaban J connectivity index is 1.38. The second-order valence-corrected chi connectivity index (χ2v) is 12.3. The summed E-state index contributed by atoms with van der Waals surface area (Å²) in [5.41, 5.74) is 13.7. The standard InChI is InChI=1S/C35H39N3/c1-23-12-15-32-34(18-23)38(33-11-6-5-10-31(33)35(32,3)4)29-9-7-8-27(21-29)30-14-13-25(19-24(30)2)26-16-17-37-28(20-26)22-36/h8,12-17,20-21,23-24H,5-7,9-11,18-19H2,1-4H3. The van der Waals surface area contributed by atoms with Gasteiger partial charge in [-0.2, -0.15) is 5.26 Å². The molecule has 0 saturated carbocycles. The van der Waals surface area contributed by atoms with Crippen LogP contribution in [0.4, 0.5) is 0 Å². The first-order valence-corrected chi connectivity index (χ1v) is 14.5. The molecule has 2 heterocycles. The Bertz CT molecular complexity index is 1430.